The highest BCUT2D eigenvalue weighted by molar-refractivity contribution is 6.02. The van der Waals surface area contributed by atoms with Crippen LogP contribution in [0.2, 0.25) is 0 Å². The molecule has 0 fully saturated rings. The average Bonchev–Trinajstić information content (AvgIpc) is 3.06. The zero-order chi connectivity index (χ0) is 22.1. The van der Waals surface area contributed by atoms with Crippen molar-refractivity contribution in [3.63, 3.8) is 0 Å². The number of amides is 2. The van der Waals surface area contributed by atoms with Gasteiger partial charge in [0, 0.05) is 25.8 Å². The summed E-state index contributed by atoms with van der Waals surface area (Å²) in [5, 5.41) is 7.34. The standard InChI is InChI=1S/C24H25N5O3/c1-27-21-10-5-6-11-22(21)32-16-20(24(27)31)25-23(30)19-14-18-15-28(12-7-13-29(18)26-19)17-8-3-2-4-9-17/h2-6,8-11,14,20H,7,12-13,15-16H2,1H3,(H,25,30)/t20-/m0/s1. The number of aryl methyl sites for hydroxylation is 1. The quantitative estimate of drug-likeness (QED) is 0.689. The summed E-state index contributed by atoms with van der Waals surface area (Å²) in [5.41, 5.74) is 3.12. The number of carbonyl (C=O) groups excluding carboxylic acids is 2. The number of likely N-dealkylation sites (N-methyl/N-ethyl adjacent to an activating group) is 1. The second-order valence-electron chi connectivity index (χ2n) is 8.06. The molecule has 2 amide bonds. The Kier molecular flexibility index (Phi) is 5.26. The molecular weight excluding hydrogens is 406 g/mol. The normalized spacial score (nSPS) is 18.2. The van der Waals surface area contributed by atoms with E-state index in [2.05, 4.69) is 27.4 Å². The van der Waals surface area contributed by atoms with E-state index in [-0.39, 0.29) is 18.4 Å². The van der Waals surface area contributed by atoms with Crippen LogP contribution in [0.1, 0.15) is 22.6 Å². The van der Waals surface area contributed by atoms with E-state index in [1.54, 1.807) is 7.05 Å². The molecular formula is C24H25N5O3. The Morgan fingerprint density at radius 2 is 1.88 bits per heavy atom. The third-order valence-electron chi connectivity index (χ3n) is 5.93. The van der Waals surface area contributed by atoms with Crippen LogP contribution in [-0.2, 0) is 17.9 Å². The number of anilines is 2. The van der Waals surface area contributed by atoms with Gasteiger partial charge >= 0.3 is 0 Å². The smallest absolute Gasteiger partial charge is 0.272 e. The minimum atomic E-state index is -0.790. The van der Waals surface area contributed by atoms with E-state index in [1.807, 2.05) is 53.2 Å². The SMILES string of the molecule is CN1C(=O)[C@@H](NC(=O)c2cc3n(n2)CCCN(c2ccccc2)C3)COc2ccccc21. The first-order chi connectivity index (χ1) is 15.6. The van der Waals surface area contributed by atoms with Crippen LogP contribution in [0.15, 0.2) is 60.7 Å². The molecule has 0 spiro atoms. The van der Waals surface area contributed by atoms with E-state index in [1.165, 1.54) is 4.90 Å². The Bertz CT molecular complexity index is 1140. The first-order valence-electron chi connectivity index (χ1n) is 10.8. The number of hydrogen-bond donors (Lipinski definition) is 1. The summed E-state index contributed by atoms with van der Waals surface area (Å²) < 4.78 is 7.68. The van der Waals surface area contributed by atoms with Gasteiger partial charge in [0.15, 0.2) is 5.69 Å². The molecule has 2 aromatic carbocycles. The molecule has 1 atom stereocenters. The summed E-state index contributed by atoms with van der Waals surface area (Å²) in [6.45, 7) is 2.42. The van der Waals surface area contributed by atoms with Gasteiger partial charge < -0.3 is 19.9 Å². The maximum absolute atomic E-state index is 13.0. The van der Waals surface area contributed by atoms with Gasteiger partial charge in [0.1, 0.15) is 18.4 Å². The van der Waals surface area contributed by atoms with Gasteiger partial charge in [-0.2, -0.15) is 5.10 Å². The second kappa shape index (κ2) is 8.37. The van der Waals surface area contributed by atoms with E-state index < -0.39 is 6.04 Å². The zero-order valence-electron chi connectivity index (χ0n) is 17.9. The van der Waals surface area contributed by atoms with Crippen LogP contribution in [0, 0.1) is 0 Å². The molecule has 1 aromatic heterocycles. The molecule has 2 aliphatic heterocycles. The van der Waals surface area contributed by atoms with E-state index in [9.17, 15) is 9.59 Å². The van der Waals surface area contributed by atoms with Crippen LogP contribution < -0.4 is 19.9 Å². The lowest BCUT2D eigenvalue weighted by Crippen LogP contribution is -2.49. The van der Waals surface area contributed by atoms with Crippen molar-refractivity contribution in [3.8, 4) is 5.75 Å². The van der Waals surface area contributed by atoms with E-state index in [4.69, 9.17) is 4.74 Å². The summed E-state index contributed by atoms with van der Waals surface area (Å²) in [4.78, 5) is 29.7. The maximum Gasteiger partial charge on any atom is 0.272 e. The lowest BCUT2D eigenvalue weighted by molar-refractivity contribution is -0.120. The molecule has 8 nitrogen and oxygen atoms in total. The Hall–Kier alpha value is -3.81. The van der Waals surface area contributed by atoms with Gasteiger partial charge in [-0.3, -0.25) is 14.3 Å². The van der Waals surface area contributed by atoms with E-state index in [0.29, 0.717) is 23.7 Å². The average molecular weight is 431 g/mol. The molecule has 5 rings (SSSR count). The minimum absolute atomic E-state index is 0.0707. The van der Waals surface area contributed by atoms with Gasteiger partial charge in [0.25, 0.3) is 11.8 Å². The highest BCUT2D eigenvalue weighted by Gasteiger charge is 2.31. The van der Waals surface area contributed by atoms with E-state index >= 15 is 0 Å². The number of rotatable bonds is 3. The maximum atomic E-state index is 13.0. The van der Waals surface area contributed by atoms with Gasteiger partial charge in [-0.25, -0.2) is 0 Å². The first kappa shape index (κ1) is 20.1. The Labute approximate surface area is 186 Å². The van der Waals surface area contributed by atoms with Crippen molar-refractivity contribution in [2.75, 3.05) is 30.0 Å². The molecule has 0 unspecified atom stereocenters. The number of benzene rings is 2. The van der Waals surface area contributed by atoms with Crippen molar-refractivity contribution in [2.45, 2.75) is 25.6 Å². The van der Waals surface area contributed by atoms with Crippen LogP contribution in [0.5, 0.6) is 5.75 Å². The number of fused-ring (bicyclic) bond motifs is 2. The molecule has 3 aromatic rings. The molecule has 1 N–H and O–H groups in total. The van der Waals surface area contributed by atoms with Crippen molar-refractivity contribution in [2.24, 2.45) is 0 Å². The number of hydrogen-bond acceptors (Lipinski definition) is 5. The predicted molar refractivity (Wildman–Crippen MR) is 121 cm³/mol. The lowest BCUT2D eigenvalue weighted by atomic mass is 10.2. The fourth-order valence-electron chi connectivity index (χ4n) is 4.22. The number of para-hydroxylation sites is 3. The largest absolute Gasteiger partial charge is 0.489 e. The van der Waals surface area contributed by atoms with Crippen LogP contribution in [0.3, 0.4) is 0 Å². The predicted octanol–water partition coefficient (Wildman–Crippen LogP) is 2.45. The zero-order valence-corrected chi connectivity index (χ0v) is 17.9. The topological polar surface area (TPSA) is 79.7 Å². The molecule has 0 bridgehead atoms. The molecule has 164 valence electrons. The Balaban J connectivity index is 1.31. The van der Waals surface area contributed by atoms with Crippen molar-refractivity contribution in [3.05, 3.63) is 72.1 Å². The fraction of sp³-hybridized carbons (Fsp3) is 0.292. The monoisotopic (exact) mass is 431 g/mol. The summed E-state index contributed by atoms with van der Waals surface area (Å²) >= 11 is 0. The molecule has 0 aliphatic carbocycles. The molecule has 8 heteroatoms. The van der Waals surface area contributed by atoms with Crippen LogP contribution >= 0.6 is 0 Å². The van der Waals surface area contributed by atoms with Gasteiger partial charge in [0.2, 0.25) is 0 Å². The number of nitrogens with one attached hydrogen (secondary N) is 1. The molecule has 2 aliphatic rings. The Morgan fingerprint density at radius 3 is 2.72 bits per heavy atom. The number of nitrogens with zero attached hydrogens (tertiary/aromatic N) is 4. The highest BCUT2D eigenvalue weighted by atomic mass is 16.5. The van der Waals surface area contributed by atoms with Crippen molar-refractivity contribution < 1.29 is 14.3 Å². The molecule has 0 saturated heterocycles. The van der Waals surface area contributed by atoms with Crippen LogP contribution in [0.25, 0.3) is 0 Å². The summed E-state index contributed by atoms with van der Waals surface area (Å²) in [6, 6.07) is 18.6. The second-order valence-corrected chi connectivity index (χ2v) is 8.06. The molecule has 32 heavy (non-hydrogen) atoms. The highest BCUT2D eigenvalue weighted by Crippen LogP contribution is 2.30. The molecule has 0 radical (unpaired) electrons. The molecule has 0 saturated carbocycles. The van der Waals surface area contributed by atoms with Gasteiger partial charge in [-0.15, -0.1) is 0 Å². The van der Waals surface area contributed by atoms with Crippen LogP contribution in [-0.4, -0.2) is 47.8 Å². The van der Waals surface area contributed by atoms with Crippen LogP contribution in [0.4, 0.5) is 11.4 Å². The summed E-state index contributed by atoms with van der Waals surface area (Å²) in [7, 11) is 1.69. The van der Waals surface area contributed by atoms with Crippen molar-refractivity contribution in [1.29, 1.82) is 0 Å². The van der Waals surface area contributed by atoms with Gasteiger partial charge in [-0.05, 0) is 36.8 Å². The van der Waals surface area contributed by atoms with E-state index in [0.717, 1.165) is 30.9 Å². The van der Waals surface area contributed by atoms with Gasteiger partial charge in [-0.1, -0.05) is 30.3 Å². The first-order valence-corrected chi connectivity index (χ1v) is 10.8. The lowest BCUT2D eigenvalue weighted by Gasteiger charge is -2.22. The van der Waals surface area contributed by atoms with Crippen molar-refractivity contribution >= 4 is 23.2 Å². The number of aromatic nitrogens is 2. The third kappa shape index (κ3) is 3.79. The third-order valence-corrected chi connectivity index (χ3v) is 5.93. The number of carbonyl (C=O) groups is 2. The molecule has 3 heterocycles. The fourth-order valence-corrected chi connectivity index (χ4v) is 4.22. The Morgan fingerprint density at radius 1 is 1.09 bits per heavy atom. The summed E-state index contributed by atoms with van der Waals surface area (Å²) in [6.07, 6.45) is 0.933. The number of ether oxygens (including phenoxy) is 1. The van der Waals surface area contributed by atoms with Crippen molar-refractivity contribution in [1.82, 2.24) is 15.1 Å². The summed E-state index contributed by atoms with van der Waals surface area (Å²) in [5.74, 6) is 0.0206. The minimum Gasteiger partial charge on any atom is -0.489 e. The van der Waals surface area contributed by atoms with Gasteiger partial charge in [0.05, 0.1) is 17.9 Å².